The molecule has 1 atom stereocenters. The Bertz CT molecular complexity index is 534. The first-order valence-corrected chi connectivity index (χ1v) is 6.96. The van der Waals surface area contributed by atoms with Gasteiger partial charge in [-0.15, -0.1) is 0 Å². The van der Waals surface area contributed by atoms with Gasteiger partial charge in [-0.3, -0.25) is 10.1 Å². The van der Waals surface area contributed by atoms with Crippen LogP contribution in [-0.2, 0) is 4.79 Å². The van der Waals surface area contributed by atoms with E-state index in [0.717, 1.165) is 5.56 Å². The van der Waals surface area contributed by atoms with E-state index in [1.54, 1.807) is 26.0 Å². The lowest BCUT2D eigenvalue weighted by Gasteiger charge is -2.18. The molecule has 0 aliphatic rings. The molecule has 0 fully saturated rings. The number of ether oxygens (including phenoxy) is 1. The summed E-state index contributed by atoms with van der Waals surface area (Å²) in [6.07, 6.45) is 0. The number of aryl methyl sites for hydroxylation is 1. The number of hydrogen-bond donors (Lipinski definition) is 3. The normalized spacial score (nSPS) is 11.5. The first-order chi connectivity index (χ1) is 9.88. The third kappa shape index (κ3) is 4.82. The molecule has 0 saturated heterocycles. The van der Waals surface area contributed by atoms with Gasteiger partial charge in [0.2, 0.25) is 5.91 Å². The van der Waals surface area contributed by atoms with Crippen LogP contribution in [0.1, 0.15) is 19.4 Å². The van der Waals surface area contributed by atoms with Gasteiger partial charge in [-0.25, -0.2) is 4.79 Å². The van der Waals surface area contributed by atoms with E-state index in [1.165, 1.54) is 7.11 Å². The second-order valence-electron chi connectivity index (χ2n) is 4.52. The van der Waals surface area contributed by atoms with E-state index < -0.39 is 18.0 Å². The maximum absolute atomic E-state index is 11.9. The van der Waals surface area contributed by atoms with Gasteiger partial charge in [-0.05, 0) is 32.4 Å². The van der Waals surface area contributed by atoms with Crippen molar-refractivity contribution in [2.24, 2.45) is 0 Å². The molecule has 6 nitrogen and oxygen atoms in total. The quantitative estimate of drug-likeness (QED) is 0.779. The van der Waals surface area contributed by atoms with Gasteiger partial charge in [-0.2, -0.15) is 0 Å². The minimum atomic E-state index is -0.609. The number of methoxy groups -OCH3 is 1. The highest BCUT2D eigenvalue weighted by Gasteiger charge is 2.17. The Morgan fingerprint density at radius 2 is 2.05 bits per heavy atom. The van der Waals surface area contributed by atoms with Crippen LogP contribution in [0.5, 0.6) is 5.75 Å². The lowest BCUT2D eigenvalue weighted by molar-refractivity contribution is -0.120. The number of carbonyl (C=O) groups excluding carboxylic acids is 2. The second-order valence-corrected chi connectivity index (χ2v) is 4.92. The van der Waals surface area contributed by atoms with Crippen molar-refractivity contribution < 1.29 is 14.3 Å². The second kappa shape index (κ2) is 7.73. The number of benzene rings is 1. The molecule has 1 rings (SSSR count). The highest BCUT2D eigenvalue weighted by atomic mass is 35.5. The lowest BCUT2D eigenvalue weighted by Crippen LogP contribution is -2.45. The molecule has 0 saturated carbocycles. The van der Waals surface area contributed by atoms with Crippen LogP contribution in [-0.4, -0.2) is 31.6 Å². The SMILES string of the molecule is CCNC(=O)NC(=O)C(C)Nc1cc(C)c(Cl)cc1OC. The number of anilines is 1. The summed E-state index contributed by atoms with van der Waals surface area (Å²) in [5, 5.41) is 8.32. The average Bonchev–Trinajstić information content (AvgIpc) is 2.42. The van der Waals surface area contributed by atoms with Gasteiger partial charge < -0.3 is 15.4 Å². The largest absolute Gasteiger partial charge is 0.495 e. The number of nitrogens with one attached hydrogen (secondary N) is 3. The van der Waals surface area contributed by atoms with Crippen LogP contribution in [0.15, 0.2) is 12.1 Å². The lowest BCUT2D eigenvalue weighted by atomic mass is 10.2. The van der Waals surface area contributed by atoms with E-state index in [2.05, 4.69) is 16.0 Å². The Morgan fingerprint density at radius 1 is 1.38 bits per heavy atom. The predicted molar refractivity (Wildman–Crippen MR) is 83.0 cm³/mol. The van der Waals surface area contributed by atoms with Crippen molar-refractivity contribution in [1.82, 2.24) is 10.6 Å². The van der Waals surface area contributed by atoms with Crippen molar-refractivity contribution >= 4 is 29.2 Å². The van der Waals surface area contributed by atoms with Gasteiger partial charge in [0.25, 0.3) is 0 Å². The van der Waals surface area contributed by atoms with E-state index in [1.807, 2.05) is 6.92 Å². The molecule has 0 aromatic heterocycles. The molecule has 0 heterocycles. The molecule has 7 heteroatoms. The molecule has 1 aromatic carbocycles. The summed E-state index contributed by atoms with van der Waals surface area (Å²) in [6, 6.07) is 2.34. The van der Waals surface area contributed by atoms with E-state index in [4.69, 9.17) is 16.3 Å². The number of imide groups is 1. The van der Waals surface area contributed by atoms with E-state index >= 15 is 0 Å². The minimum Gasteiger partial charge on any atom is -0.495 e. The van der Waals surface area contributed by atoms with Crippen LogP contribution in [0.3, 0.4) is 0 Å². The Morgan fingerprint density at radius 3 is 2.62 bits per heavy atom. The topological polar surface area (TPSA) is 79.5 Å². The fourth-order valence-corrected chi connectivity index (χ4v) is 1.82. The van der Waals surface area contributed by atoms with Crippen molar-refractivity contribution in [3.63, 3.8) is 0 Å². The molecule has 21 heavy (non-hydrogen) atoms. The van der Waals surface area contributed by atoms with Crippen LogP contribution < -0.4 is 20.7 Å². The summed E-state index contributed by atoms with van der Waals surface area (Å²) < 4.78 is 5.22. The summed E-state index contributed by atoms with van der Waals surface area (Å²) in [6.45, 7) is 5.72. The summed E-state index contributed by atoms with van der Waals surface area (Å²) in [5.74, 6) is 0.0962. The van der Waals surface area contributed by atoms with Crippen LogP contribution in [0.2, 0.25) is 5.02 Å². The van der Waals surface area contributed by atoms with Gasteiger partial charge in [0.05, 0.1) is 12.8 Å². The molecule has 3 amide bonds. The van der Waals surface area contributed by atoms with Crippen molar-refractivity contribution in [2.45, 2.75) is 26.8 Å². The molecule has 1 unspecified atom stereocenters. The Labute approximate surface area is 129 Å². The van der Waals surface area contributed by atoms with Crippen molar-refractivity contribution in [1.29, 1.82) is 0 Å². The zero-order valence-electron chi connectivity index (χ0n) is 12.5. The zero-order chi connectivity index (χ0) is 16.0. The number of urea groups is 1. The predicted octanol–water partition coefficient (Wildman–Crippen LogP) is 2.30. The fraction of sp³-hybridized carbons (Fsp3) is 0.429. The molecule has 0 radical (unpaired) electrons. The third-order valence-corrected chi connectivity index (χ3v) is 3.23. The van der Waals surface area contributed by atoms with Gasteiger partial charge in [0.1, 0.15) is 11.8 Å². The first kappa shape index (κ1) is 17.1. The summed E-state index contributed by atoms with van der Waals surface area (Å²) >= 11 is 6.03. The Balaban J connectivity index is 2.78. The van der Waals surface area contributed by atoms with Crippen LogP contribution >= 0.6 is 11.6 Å². The molecule has 0 aliphatic carbocycles. The van der Waals surface area contributed by atoms with Crippen LogP contribution in [0.4, 0.5) is 10.5 Å². The monoisotopic (exact) mass is 313 g/mol. The van der Waals surface area contributed by atoms with Crippen molar-refractivity contribution in [2.75, 3.05) is 19.0 Å². The van der Waals surface area contributed by atoms with Crippen molar-refractivity contribution in [3.8, 4) is 5.75 Å². The Kier molecular flexibility index (Phi) is 6.30. The molecular formula is C14H20ClN3O3. The average molecular weight is 314 g/mol. The maximum atomic E-state index is 11.9. The number of rotatable bonds is 5. The first-order valence-electron chi connectivity index (χ1n) is 6.58. The van der Waals surface area contributed by atoms with Crippen molar-refractivity contribution in [3.05, 3.63) is 22.7 Å². The van der Waals surface area contributed by atoms with Crippen LogP contribution in [0, 0.1) is 6.92 Å². The van der Waals surface area contributed by atoms with E-state index in [9.17, 15) is 9.59 Å². The number of amides is 3. The Hall–Kier alpha value is -1.95. The third-order valence-electron chi connectivity index (χ3n) is 2.82. The molecule has 0 bridgehead atoms. The standard InChI is InChI=1S/C14H20ClN3O3/c1-5-16-14(20)18-13(19)9(3)17-11-6-8(2)10(15)7-12(11)21-4/h6-7,9,17H,5H2,1-4H3,(H2,16,18,19,20). The van der Waals surface area contributed by atoms with E-state index in [-0.39, 0.29) is 0 Å². The molecule has 0 aliphatic heterocycles. The van der Waals surface area contributed by atoms with Gasteiger partial charge in [0, 0.05) is 17.6 Å². The number of halogens is 1. The summed E-state index contributed by atoms with van der Waals surface area (Å²) in [4.78, 5) is 23.2. The molecule has 1 aromatic rings. The molecular weight excluding hydrogens is 294 g/mol. The van der Waals surface area contributed by atoms with E-state index in [0.29, 0.717) is 23.0 Å². The fourth-order valence-electron chi connectivity index (χ4n) is 1.67. The number of hydrogen-bond acceptors (Lipinski definition) is 4. The van der Waals surface area contributed by atoms with Gasteiger partial charge in [0.15, 0.2) is 0 Å². The highest BCUT2D eigenvalue weighted by molar-refractivity contribution is 6.31. The zero-order valence-corrected chi connectivity index (χ0v) is 13.3. The highest BCUT2D eigenvalue weighted by Crippen LogP contribution is 2.31. The number of carbonyl (C=O) groups is 2. The molecule has 0 spiro atoms. The van der Waals surface area contributed by atoms with Crippen LogP contribution in [0.25, 0.3) is 0 Å². The summed E-state index contributed by atoms with van der Waals surface area (Å²) in [5.41, 5.74) is 1.49. The van der Waals surface area contributed by atoms with Gasteiger partial charge in [-0.1, -0.05) is 11.6 Å². The molecule has 3 N–H and O–H groups in total. The minimum absolute atomic E-state index is 0.435. The summed E-state index contributed by atoms with van der Waals surface area (Å²) in [7, 11) is 1.52. The maximum Gasteiger partial charge on any atom is 0.321 e. The van der Waals surface area contributed by atoms with Gasteiger partial charge >= 0.3 is 6.03 Å². The molecule has 116 valence electrons. The smallest absolute Gasteiger partial charge is 0.321 e.